The van der Waals surface area contributed by atoms with Crippen molar-refractivity contribution < 1.29 is 13.2 Å². The smallest absolute Gasteiger partial charge is 0.307 e. The fraction of sp³-hybridized carbons (Fsp3) is 0. The molecule has 0 atom stereocenters. The molecule has 0 spiro atoms. The van der Waals surface area contributed by atoms with Gasteiger partial charge in [0.2, 0.25) is 0 Å². The molecule has 0 unspecified atom stereocenters. The van der Waals surface area contributed by atoms with Gasteiger partial charge in [0.1, 0.15) is 4.21 Å². The number of thiophene rings is 1. The SMILES string of the molecule is O=C(Nc1ccc(-n2c(=O)[nH]c3ccccc3c2=O)cc1)NS(=O)(=O)c1ccc(-c2ccccn2)s1. The van der Waals surface area contributed by atoms with E-state index in [-0.39, 0.29) is 15.6 Å². The number of pyridine rings is 1. The normalized spacial score (nSPS) is 11.3. The van der Waals surface area contributed by atoms with Crippen molar-refractivity contribution in [3.05, 3.63) is 106 Å². The number of benzene rings is 2. The van der Waals surface area contributed by atoms with Crippen LogP contribution in [0.5, 0.6) is 0 Å². The summed E-state index contributed by atoms with van der Waals surface area (Å²) >= 11 is 0.986. The number of amides is 2. The number of nitrogens with one attached hydrogen (secondary N) is 3. The molecule has 0 aliphatic carbocycles. The van der Waals surface area contributed by atoms with Crippen LogP contribution in [0.15, 0.2) is 98.9 Å². The quantitative estimate of drug-likeness (QED) is 0.325. The van der Waals surface area contributed by atoms with Crippen molar-refractivity contribution in [1.82, 2.24) is 19.3 Å². The third-order valence-corrected chi connectivity index (χ3v) is 8.11. The molecule has 3 aromatic heterocycles. The third-order valence-electron chi connectivity index (χ3n) is 5.18. The Kier molecular flexibility index (Phi) is 5.96. The summed E-state index contributed by atoms with van der Waals surface area (Å²) in [5.41, 5.74) is 0.503. The van der Waals surface area contributed by atoms with Crippen molar-refractivity contribution in [2.45, 2.75) is 4.21 Å². The summed E-state index contributed by atoms with van der Waals surface area (Å²) in [5.74, 6) is 0. The fourth-order valence-electron chi connectivity index (χ4n) is 3.53. The first-order valence-electron chi connectivity index (χ1n) is 10.5. The first-order chi connectivity index (χ1) is 17.3. The van der Waals surface area contributed by atoms with E-state index in [9.17, 15) is 22.8 Å². The van der Waals surface area contributed by atoms with Crippen LogP contribution in [0.25, 0.3) is 27.2 Å². The van der Waals surface area contributed by atoms with Crippen LogP contribution in [0.4, 0.5) is 10.5 Å². The van der Waals surface area contributed by atoms with E-state index in [0.29, 0.717) is 21.5 Å². The van der Waals surface area contributed by atoms with Crippen LogP contribution in [0.3, 0.4) is 0 Å². The number of rotatable bonds is 5. The van der Waals surface area contributed by atoms with Gasteiger partial charge in [-0.1, -0.05) is 18.2 Å². The van der Waals surface area contributed by atoms with Crippen LogP contribution in [-0.2, 0) is 10.0 Å². The molecule has 0 bridgehead atoms. The molecular weight excluding hydrogens is 502 g/mol. The number of hydrogen-bond donors (Lipinski definition) is 3. The molecular formula is C24H17N5O5S2. The molecule has 0 aliphatic heterocycles. The maximum atomic E-state index is 12.8. The van der Waals surface area contributed by atoms with Gasteiger partial charge >= 0.3 is 11.7 Å². The van der Waals surface area contributed by atoms with Gasteiger partial charge in [-0.2, -0.15) is 0 Å². The Morgan fingerprint density at radius 2 is 1.67 bits per heavy atom. The van der Waals surface area contributed by atoms with Gasteiger partial charge in [-0.25, -0.2) is 27.3 Å². The predicted molar refractivity (Wildman–Crippen MR) is 137 cm³/mol. The molecule has 12 heteroatoms. The second-order valence-corrected chi connectivity index (χ2v) is 10.5. The van der Waals surface area contributed by atoms with Crippen molar-refractivity contribution >= 4 is 44.0 Å². The summed E-state index contributed by atoms with van der Waals surface area (Å²) in [5, 5.41) is 2.78. The average molecular weight is 520 g/mol. The first kappa shape index (κ1) is 23.2. The van der Waals surface area contributed by atoms with Crippen LogP contribution in [0.1, 0.15) is 0 Å². The Balaban J connectivity index is 1.32. The van der Waals surface area contributed by atoms with Gasteiger partial charge in [-0.05, 0) is 60.7 Å². The highest BCUT2D eigenvalue weighted by molar-refractivity contribution is 7.92. The number of aromatic nitrogens is 3. The summed E-state index contributed by atoms with van der Waals surface area (Å²) in [6.45, 7) is 0. The lowest BCUT2D eigenvalue weighted by atomic mass is 10.2. The molecule has 3 N–H and O–H groups in total. The van der Waals surface area contributed by atoms with E-state index >= 15 is 0 Å². The number of nitrogens with zero attached hydrogens (tertiary/aromatic N) is 2. The van der Waals surface area contributed by atoms with Crippen molar-refractivity contribution in [1.29, 1.82) is 0 Å². The van der Waals surface area contributed by atoms with E-state index in [2.05, 4.69) is 15.3 Å². The van der Waals surface area contributed by atoms with Gasteiger partial charge < -0.3 is 10.3 Å². The Morgan fingerprint density at radius 1 is 0.917 bits per heavy atom. The third kappa shape index (κ3) is 4.54. The predicted octanol–water partition coefficient (Wildman–Crippen LogP) is 3.31. The largest absolute Gasteiger partial charge is 0.333 e. The minimum Gasteiger partial charge on any atom is -0.307 e. The average Bonchev–Trinajstić information content (AvgIpc) is 3.37. The van der Waals surface area contributed by atoms with E-state index in [4.69, 9.17) is 0 Å². The van der Waals surface area contributed by atoms with Crippen LogP contribution < -0.4 is 21.3 Å². The van der Waals surface area contributed by atoms with E-state index in [1.807, 2.05) is 4.72 Å². The number of fused-ring (bicyclic) bond motifs is 1. The molecule has 0 fully saturated rings. The number of hydrogen-bond acceptors (Lipinski definition) is 7. The van der Waals surface area contributed by atoms with Crippen molar-refractivity contribution in [3.8, 4) is 16.3 Å². The molecule has 0 saturated carbocycles. The number of para-hydroxylation sites is 1. The fourth-order valence-corrected chi connectivity index (χ4v) is 5.72. The lowest BCUT2D eigenvalue weighted by Crippen LogP contribution is -2.34. The number of sulfonamides is 1. The first-order valence-corrected chi connectivity index (χ1v) is 12.8. The summed E-state index contributed by atoms with van der Waals surface area (Å²) in [4.78, 5) is 45.1. The number of carbonyl (C=O) groups is 1. The molecule has 36 heavy (non-hydrogen) atoms. The highest BCUT2D eigenvalue weighted by atomic mass is 32.2. The van der Waals surface area contributed by atoms with E-state index in [1.165, 1.54) is 30.3 Å². The molecule has 0 radical (unpaired) electrons. The molecule has 2 aromatic carbocycles. The molecule has 2 amide bonds. The van der Waals surface area contributed by atoms with Crippen molar-refractivity contribution in [2.24, 2.45) is 0 Å². The Labute approximate surface area is 208 Å². The maximum absolute atomic E-state index is 12.8. The van der Waals surface area contributed by atoms with Gasteiger partial charge in [0.25, 0.3) is 15.6 Å². The van der Waals surface area contributed by atoms with Crippen molar-refractivity contribution in [3.63, 3.8) is 0 Å². The van der Waals surface area contributed by atoms with Crippen LogP contribution in [0.2, 0.25) is 0 Å². The standard InChI is InChI=1S/C24H17N5O5S2/c30-22-17-5-1-2-6-18(17)27-24(32)29(22)16-10-8-15(9-11-16)26-23(31)28-36(33,34)21-13-12-20(35-21)19-7-3-4-14-25-19/h1-14H,(H,27,32)(H2,26,28,31). The molecule has 180 valence electrons. The van der Waals surface area contributed by atoms with E-state index in [1.54, 1.807) is 54.7 Å². The summed E-state index contributed by atoms with van der Waals surface area (Å²) in [6.07, 6.45) is 1.60. The Hall–Kier alpha value is -4.55. The Bertz CT molecular complexity index is 1810. The monoisotopic (exact) mass is 519 g/mol. The van der Waals surface area contributed by atoms with Crippen LogP contribution in [-0.4, -0.2) is 29.0 Å². The van der Waals surface area contributed by atoms with E-state index in [0.717, 1.165) is 15.9 Å². The molecule has 5 aromatic rings. The molecule has 5 rings (SSSR count). The maximum Gasteiger partial charge on any atom is 0.333 e. The summed E-state index contributed by atoms with van der Waals surface area (Å²) in [6, 6.07) is 19.9. The van der Waals surface area contributed by atoms with E-state index < -0.39 is 27.3 Å². The van der Waals surface area contributed by atoms with Crippen molar-refractivity contribution in [2.75, 3.05) is 5.32 Å². The second-order valence-electron chi connectivity index (χ2n) is 7.56. The minimum absolute atomic E-state index is 0.0384. The van der Waals surface area contributed by atoms with Gasteiger partial charge in [0.15, 0.2) is 0 Å². The topological polar surface area (TPSA) is 143 Å². The zero-order valence-corrected chi connectivity index (χ0v) is 20.0. The highest BCUT2D eigenvalue weighted by Gasteiger charge is 2.21. The lowest BCUT2D eigenvalue weighted by Gasteiger charge is -2.09. The lowest BCUT2D eigenvalue weighted by molar-refractivity contribution is 0.256. The number of aromatic amines is 1. The number of urea groups is 1. The summed E-state index contributed by atoms with van der Waals surface area (Å²) in [7, 11) is -4.11. The van der Waals surface area contributed by atoms with Gasteiger partial charge in [0, 0.05) is 11.9 Å². The number of carbonyl (C=O) groups excluding carboxylic acids is 1. The minimum atomic E-state index is -4.11. The Morgan fingerprint density at radius 3 is 2.42 bits per heavy atom. The highest BCUT2D eigenvalue weighted by Crippen LogP contribution is 2.29. The van der Waals surface area contributed by atoms with Crippen LogP contribution >= 0.6 is 11.3 Å². The zero-order chi connectivity index (χ0) is 25.3. The second kappa shape index (κ2) is 9.24. The zero-order valence-electron chi connectivity index (χ0n) is 18.3. The van der Waals surface area contributed by atoms with Gasteiger partial charge in [-0.3, -0.25) is 9.78 Å². The van der Waals surface area contributed by atoms with Gasteiger partial charge in [0.05, 0.1) is 27.2 Å². The number of anilines is 1. The molecule has 0 saturated heterocycles. The van der Waals surface area contributed by atoms with Crippen LogP contribution in [0, 0.1) is 0 Å². The molecule has 3 heterocycles. The molecule has 10 nitrogen and oxygen atoms in total. The molecule has 0 aliphatic rings. The summed E-state index contributed by atoms with van der Waals surface area (Å²) < 4.78 is 28.2. The van der Waals surface area contributed by atoms with Gasteiger partial charge in [-0.15, -0.1) is 11.3 Å². The number of H-pyrrole nitrogens is 1.